The highest BCUT2D eigenvalue weighted by Gasteiger charge is 2.50. The topological polar surface area (TPSA) is 91.1 Å². The second-order valence-electron chi connectivity index (χ2n) is 9.42. The maximum Gasteiger partial charge on any atom is 0.416 e. The maximum atomic E-state index is 13.7. The average molecular weight is 517 g/mol. The summed E-state index contributed by atoms with van der Waals surface area (Å²) in [6.45, 7) is 2.15. The summed E-state index contributed by atoms with van der Waals surface area (Å²) in [4.78, 5) is 40.8. The number of halogens is 3. The third kappa shape index (κ3) is 5.63. The van der Waals surface area contributed by atoms with Gasteiger partial charge in [0.1, 0.15) is 11.1 Å². The molecule has 1 atom stereocenters. The van der Waals surface area contributed by atoms with Crippen LogP contribution in [0.4, 0.5) is 13.2 Å². The van der Waals surface area contributed by atoms with Crippen LogP contribution in [0.3, 0.4) is 0 Å². The fourth-order valence-electron chi connectivity index (χ4n) is 4.64. The molecule has 1 aromatic heterocycles. The number of nitrogens with zero attached hydrogens (tertiary/aromatic N) is 2. The molecule has 7 nitrogen and oxygen atoms in total. The highest BCUT2D eigenvalue weighted by molar-refractivity contribution is 5.95. The fourth-order valence-corrected chi connectivity index (χ4v) is 4.64. The van der Waals surface area contributed by atoms with Crippen molar-refractivity contribution >= 4 is 28.8 Å². The molecule has 0 saturated carbocycles. The van der Waals surface area contributed by atoms with E-state index in [0.717, 1.165) is 17.5 Å². The van der Waals surface area contributed by atoms with Crippen molar-refractivity contribution in [3.8, 4) is 0 Å². The minimum atomic E-state index is -4.48. The predicted molar refractivity (Wildman–Crippen MR) is 128 cm³/mol. The van der Waals surface area contributed by atoms with Gasteiger partial charge >= 0.3 is 12.1 Å². The van der Waals surface area contributed by atoms with Crippen LogP contribution in [0.1, 0.15) is 42.9 Å². The van der Waals surface area contributed by atoms with Crippen LogP contribution in [-0.4, -0.2) is 51.3 Å². The van der Waals surface area contributed by atoms with Gasteiger partial charge in [0.15, 0.2) is 0 Å². The summed E-state index contributed by atoms with van der Waals surface area (Å²) in [5.74, 6) is -1.62. The Labute approximate surface area is 211 Å². The van der Waals surface area contributed by atoms with Gasteiger partial charge in [0, 0.05) is 37.0 Å². The van der Waals surface area contributed by atoms with Crippen LogP contribution in [0.25, 0.3) is 11.0 Å². The third-order valence-corrected chi connectivity index (χ3v) is 6.84. The normalized spacial score (nSPS) is 17.5. The summed E-state index contributed by atoms with van der Waals surface area (Å²) in [5.41, 5.74) is -0.0812. The van der Waals surface area contributed by atoms with E-state index in [4.69, 9.17) is 9.52 Å². The molecule has 10 heteroatoms. The SMILES string of the molecule is CC1(C(=O)N(CCCC(=O)O)Cc2ccc(C(F)(F)F)cc2)CCN1C(=O)Cc1coc2ccccc12. The van der Waals surface area contributed by atoms with Gasteiger partial charge in [0.25, 0.3) is 0 Å². The van der Waals surface area contributed by atoms with Crippen LogP contribution >= 0.6 is 0 Å². The van der Waals surface area contributed by atoms with Crippen molar-refractivity contribution in [1.29, 1.82) is 0 Å². The van der Waals surface area contributed by atoms with Crippen molar-refractivity contribution in [2.75, 3.05) is 13.1 Å². The van der Waals surface area contributed by atoms with Gasteiger partial charge in [0.2, 0.25) is 11.8 Å². The summed E-state index contributed by atoms with van der Waals surface area (Å²) < 4.78 is 44.3. The van der Waals surface area contributed by atoms with E-state index in [1.807, 2.05) is 18.2 Å². The number of likely N-dealkylation sites (tertiary alicyclic amines) is 1. The smallest absolute Gasteiger partial charge is 0.416 e. The Morgan fingerprint density at radius 1 is 1.11 bits per heavy atom. The molecule has 1 saturated heterocycles. The minimum Gasteiger partial charge on any atom is -0.481 e. The molecule has 1 fully saturated rings. The van der Waals surface area contributed by atoms with Gasteiger partial charge in [0.05, 0.1) is 18.2 Å². The predicted octanol–water partition coefficient (Wildman–Crippen LogP) is 4.88. The lowest BCUT2D eigenvalue weighted by Gasteiger charge is -2.51. The van der Waals surface area contributed by atoms with Crippen molar-refractivity contribution in [1.82, 2.24) is 9.80 Å². The van der Waals surface area contributed by atoms with E-state index in [0.29, 0.717) is 29.7 Å². The minimum absolute atomic E-state index is 0.000574. The number of para-hydroxylation sites is 1. The Morgan fingerprint density at radius 3 is 2.43 bits per heavy atom. The van der Waals surface area contributed by atoms with Crippen LogP contribution < -0.4 is 0 Å². The summed E-state index contributed by atoms with van der Waals surface area (Å²) >= 11 is 0. The molecule has 3 aromatic rings. The molecule has 196 valence electrons. The lowest BCUT2D eigenvalue weighted by molar-refractivity contribution is -0.164. The van der Waals surface area contributed by atoms with E-state index in [2.05, 4.69) is 0 Å². The maximum absolute atomic E-state index is 13.7. The molecular weight excluding hydrogens is 489 g/mol. The zero-order valence-corrected chi connectivity index (χ0v) is 20.3. The van der Waals surface area contributed by atoms with E-state index in [-0.39, 0.29) is 44.2 Å². The standard InChI is InChI=1S/C27H27F3N2O5/c1-26(12-14-32(26)23(33)15-19-17-37-22-6-3-2-5-21(19)22)25(36)31(13-4-7-24(34)35)16-18-8-10-20(11-9-18)27(28,29)30/h2-3,5-6,8-11,17H,4,7,12-16H2,1H3,(H,34,35). The molecule has 2 aromatic carbocycles. The molecule has 37 heavy (non-hydrogen) atoms. The van der Waals surface area contributed by atoms with Gasteiger partial charge in [-0.1, -0.05) is 30.3 Å². The summed E-state index contributed by atoms with van der Waals surface area (Å²) in [6.07, 6.45) is -2.46. The molecule has 1 aliphatic rings. The lowest BCUT2D eigenvalue weighted by atomic mass is 9.84. The number of rotatable bonds is 9. The monoisotopic (exact) mass is 516 g/mol. The molecule has 0 spiro atoms. The zero-order valence-electron chi connectivity index (χ0n) is 20.3. The van der Waals surface area contributed by atoms with Gasteiger partial charge in [-0.05, 0) is 43.5 Å². The number of furan rings is 1. The Bertz CT molecular complexity index is 1300. The molecule has 2 amide bonds. The van der Waals surface area contributed by atoms with E-state index in [9.17, 15) is 27.6 Å². The van der Waals surface area contributed by atoms with Crippen molar-refractivity contribution in [3.05, 3.63) is 71.5 Å². The van der Waals surface area contributed by atoms with E-state index in [1.165, 1.54) is 28.2 Å². The van der Waals surface area contributed by atoms with Crippen LogP contribution in [0, 0.1) is 0 Å². The van der Waals surface area contributed by atoms with Crippen LogP contribution in [0.15, 0.2) is 59.2 Å². The van der Waals surface area contributed by atoms with Crippen molar-refractivity contribution in [2.24, 2.45) is 0 Å². The summed E-state index contributed by atoms with van der Waals surface area (Å²) in [7, 11) is 0. The van der Waals surface area contributed by atoms with E-state index in [1.54, 1.807) is 13.0 Å². The highest BCUT2D eigenvalue weighted by Crippen LogP contribution is 2.35. The zero-order chi connectivity index (χ0) is 26.8. The van der Waals surface area contributed by atoms with Gasteiger partial charge in [-0.25, -0.2) is 0 Å². The molecule has 1 N–H and O–H groups in total. The molecular formula is C27H27F3N2O5. The van der Waals surface area contributed by atoms with Gasteiger partial charge < -0.3 is 19.3 Å². The highest BCUT2D eigenvalue weighted by atomic mass is 19.4. The first-order valence-corrected chi connectivity index (χ1v) is 11.9. The number of benzene rings is 2. The average Bonchev–Trinajstić information content (AvgIpc) is 3.24. The van der Waals surface area contributed by atoms with Crippen LogP contribution in [0.2, 0.25) is 0 Å². The van der Waals surface area contributed by atoms with Crippen LogP contribution in [0.5, 0.6) is 0 Å². The molecule has 0 bridgehead atoms. The first kappa shape index (κ1) is 26.2. The Kier molecular flexibility index (Phi) is 7.29. The molecule has 1 unspecified atom stereocenters. The van der Waals surface area contributed by atoms with Crippen molar-refractivity contribution < 1.29 is 37.1 Å². The second kappa shape index (κ2) is 10.3. The molecule has 4 rings (SSSR count). The van der Waals surface area contributed by atoms with E-state index >= 15 is 0 Å². The quantitative estimate of drug-likeness (QED) is 0.438. The van der Waals surface area contributed by atoms with Crippen LogP contribution in [-0.2, 0) is 33.5 Å². The van der Waals surface area contributed by atoms with Crippen molar-refractivity contribution in [3.63, 3.8) is 0 Å². The summed E-state index contributed by atoms with van der Waals surface area (Å²) in [5, 5.41) is 9.84. The Hall–Kier alpha value is -3.82. The van der Waals surface area contributed by atoms with Gasteiger partial charge in [-0.3, -0.25) is 14.4 Å². The molecule has 0 radical (unpaired) electrons. The number of carbonyl (C=O) groups is 3. The lowest BCUT2D eigenvalue weighted by Crippen LogP contribution is -2.68. The number of amides is 2. The van der Waals surface area contributed by atoms with Gasteiger partial charge in [-0.2, -0.15) is 13.2 Å². The number of hydrogen-bond donors (Lipinski definition) is 1. The van der Waals surface area contributed by atoms with Crippen molar-refractivity contribution in [2.45, 2.75) is 50.9 Å². The summed E-state index contributed by atoms with van der Waals surface area (Å²) in [6, 6.07) is 11.8. The first-order chi connectivity index (χ1) is 17.5. The largest absolute Gasteiger partial charge is 0.481 e. The number of carboxylic acids is 1. The number of carboxylic acid groups (broad SMARTS) is 1. The number of hydrogen-bond acceptors (Lipinski definition) is 4. The number of aliphatic carboxylic acids is 1. The fraction of sp³-hybridized carbons (Fsp3) is 0.370. The number of alkyl halides is 3. The third-order valence-electron chi connectivity index (χ3n) is 6.84. The Morgan fingerprint density at radius 2 is 1.81 bits per heavy atom. The Balaban J connectivity index is 1.50. The molecule has 2 heterocycles. The molecule has 0 aliphatic carbocycles. The number of carbonyl (C=O) groups excluding carboxylic acids is 2. The second-order valence-corrected chi connectivity index (χ2v) is 9.42. The number of fused-ring (bicyclic) bond motifs is 1. The van der Waals surface area contributed by atoms with Gasteiger partial charge in [-0.15, -0.1) is 0 Å². The molecule has 1 aliphatic heterocycles. The van der Waals surface area contributed by atoms with E-state index < -0.39 is 23.2 Å². The first-order valence-electron chi connectivity index (χ1n) is 11.9.